The van der Waals surface area contributed by atoms with Gasteiger partial charge in [0, 0.05) is 13.2 Å². The molecular formula is C18H27NO3. The highest BCUT2D eigenvalue weighted by Gasteiger charge is 2.14. The number of carbonyl (C=O) groups excluding carboxylic acids is 1. The largest absolute Gasteiger partial charge is 0.496 e. The van der Waals surface area contributed by atoms with E-state index < -0.39 is 0 Å². The first-order chi connectivity index (χ1) is 10.7. The number of benzene rings is 1. The topological polar surface area (TPSA) is 47.6 Å². The van der Waals surface area contributed by atoms with Crippen LogP contribution in [0.3, 0.4) is 0 Å². The fourth-order valence-corrected chi connectivity index (χ4v) is 2.90. The Labute approximate surface area is 133 Å². The molecule has 1 aliphatic carbocycles. The van der Waals surface area contributed by atoms with Gasteiger partial charge in [0.05, 0.1) is 19.6 Å². The fraction of sp³-hybridized carbons (Fsp3) is 0.611. The maximum Gasteiger partial charge on any atom is 0.224 e. The van der Waals surface area contributed by atoms with E-state index in [9.17, 15) is 4.79 Å². The van der Waals surface area contributed by atoms with E-state index in [2.05, 4.69) is 5.32 Å². The van der Waals surface area contributed by atoms with Crippen molar-refractivity contribution in [3.05, 3.63) is 29.3 Å². The van der Waals surface area contributed by atoms with Gasteiger partial charge in [0.1, 0.15) is 5.75 Å². The van der Waals surface area contributed by atoms with Gasteiger partial charge >= 0.3 is 0 Å². The maximum atomic E-state index is 11.9. The molecule has 1 aromatic carbocycles. The van der Waals surface area contributed by atoms with Crippen LogP contribution in [-0.4, -0.2) is 32.3 Å². The van der Waals surface area contributed by atoms with E-state index in [1.807, 2.05) is 25.1 Å². The molecule has 1 fully saturated rings. The summed E-state index contributed by atoms with van der Waals surface area (Å²) in [6.07, 6.45) is 6.73. The lowest BCUT2D eigenvalue weighted by molar-refractivity contribution is -0.120. The zero-order valence-electron chi connectivity index (χ0n) is 13.7. The molecule has 22 heavy (non-hydrogen) atoms. The lowest BCUT2D eigenvalue weighted by atomic mass is 10.1. The minimum absolute atomic E-state index is 0.0606. The predicted octanol–water partition coefficient (Wildman–Crippen LogP) is 3.01. The van der Waals surface area contributed by atoms with Crippen LogP contribution in [-0.2, 0) is 16.0 Å². The number of rotatable bonds is 8. The highest BCUT2D eigenvalue weighted by molar-refractivity contribution is 5.78. The van der Waals surface area contributed by atoms with Crippen molar-refractivity contribution < 1.29 is 14.3 Å². The molecule has 0 spiro atoms. The van der Waals surface area contributed by atoms with Gasteiger partial charge in [0.15, 0.2) is 0 Å². The third-order valence-electron chi connectivity index (χ3n) is 4.12. The molecule has 4 nitrogen and oxygen atoms in total. The van der Waals surface area contributed by atoms with E-state index in [-0.39, 0.29) is 5.91 Å². The molecule has 0 aromatic heterocycles. The summed E-state index contributed by atoms with van der Waals surface area (Å²) in [6.45, 7) is 3.41. The van der Waals surface area contributed by atoms with Crippen molar-refractivity contribution in [2.75, 3.05) is 20.3 Å². The molecule has 1 aromatic rings. The monoisotopic (exact) mass is 305 g/mol. The first-order valence-electron chi connectivity index (χ1n) is 8.21. The van der Waals surface area contributed by atoms with Gasteiger partial charge in [-0.25, -0.2) is 0 Å². The van der Waals surface area contributed by atoms with Crippen LogP contribution in [0.5, 0.6) is 5.75 Å². The molecule has 0 atom stereocenters. The average Bonchev–Trinajstić information content (AvgIpc) is 3.00. The van der Waals surface area contributed by atoms with E-state index in [1.165, 1.54) is 25.7 Å². The maximum absolute atomic E-state index is 11.9. The lowest BCUT2D eigenvalue weighted by Gasteiger charge is -2.11. The molecule has 0 bridgehead atoms. The van der Waals surface area contributed by atoms with Crippen LogP contribution in [0.1, 0.15) is 43.2 Å². The van der Waals surface area contributed by atoms with Crippen LogP contribution in [0, 0.1) is 6.92 Å². The van der Waals surface area contributed by atoms with Crippen molar-refractivity contribution in [2.24, 2.45) is 0 Å². The number of amides is 1. The molecule has 0 aliphatic heterocycles. The Morgan fingerprint density at radius 2 is 2.09 bits per heavy atom. The molecule has 0 heterocycles. The Kier molecular flexibility index (Phi) is 6.72. The second kappa shape index (κ2) is 8.79. The Morgan fingerprint density at radius 3 is 2.77 bits per heavy atom. The lowest BCUT2D eigenvalue weighted by Crippen LogP contribution is -2.27. The minimum atomic E-state index is 0.0606. The van der Waals surface area contributed by atoms with Crippen molar-refractivity contribution in [1.29, 1.82) is 0 Å². The van der Waals surface area contributed by atoms with Gasteiger partial charge in [-0.3, -0.25) is 4.79 Å². The van der Waals surface area contributed by atoms with Gasteiger partial charge < -0.3 is 14.8 Å². The molecule has 1 amide bonds. The number of aryl methyl sites for hydroxylation is 1. The van der Waals surface area contributed by atoms with Crippen LogP contribution in [0.4, 0.5) is 0 Å². The molecular weight excluding hydrogens is 278 g/mol. The van der Waals surface area contributed by atoms with Gasteiger partial charge in [-0.2, -0.15) is 0 Å². The molecule has 0 unspecified atom stereocenters. The minimum Gasteiger partial charge on any atom is -0.496 e. The molecule has 0 radical (unpaired) electrons. The van der Waals surface area contributed by atoms with E-state index in [0.717, 1.165) is 29.9 Å². The van der Waals surface area contributed by atoms with Crippen LogP contribution in [0.2, 0.25) is 0 Å². The first-order valence-corrected chi connectivity index (χ1v) is 8.21. The third kappa shape index (κ3) is 5.34. The molecule has 1 aliphatic rings. The molecule has 2 rings (SSSR count). The van der Waals surface area contributed by atoms with Crippen molar-refractivity contribution in [2.45, 2.75) is 51.6 Å². The SMILES string of the molecule is COc1ccc(CC(=O)NCCCOC2CCCC2)cc1C. The van der Waals surface area contributed by atoms with Crippen LogP contribution in [0.15, 0.2) is 18.2 Å². The summed E-state index contributed by atoms with van der Waals surface area (Å²) >= 11 is 0. The summed E-state index contributed by atoms with van der Waals surface area (Å²) in [5, 5.41) is 2.95. The summed E-state index contributed by atoms with van der Waals surface area (Å²) in [5.41, 5.74) is 2.07. The Hall–Kier alpha value is -1.55. The molecule has 1 saturated carbocycles. The van der Waals surface area contributed by atoms with Crippen molar-refractivity contribution in [1.82, 2.24) is 5.32 Å². The average molecular weight is 305 g/mol. The summed E-state index contributed by atoms with van der Waals surface area (Å²) in [4.78, 5) is 11.9. The summed E-state index contributed by atoms with van der Waals surface area (Å²) < 4.78 is 11.0. The zero-order chi connectivity index (χ0) is 15.8. The van der Waals surface area contributed by atoms with Crippen molar-refractivity contribution >= 4 is 5.91 Å². The van der Waals surface area contributed by atoms with E-state index in [4.69, 9.17) is 9.47 Å². The molecule has 1 N–H and O–H groups in total. The molecule has 4 heteroatoms. The summed E-state index contributed by atoms with van der Waals surface area (Å²) in [5.74, 6) is 0.915. The first kappa shape index (κ1) is 16.8. The fourth-order valence-electron chi connectivity index (χ4n) is 2.90. The summed E-state index contributed by atoms with van der Waals surface area (Å²) in [6, 6.07) is 5.85. The zero-order valence-corrected chi connectivity index (χ0v) is 13.7. The smallest absolute Gasteiger partial charge is 0.224 e. The van der Waals surface area contributed by atoms with E-state index in [1.54, 1.807) is 7.11 Å². The van der Waals surface area contributed by atoms with E-state index >= 15 is 0 Å². The number of nitrogens with one attached hydrogen (secondary N) is 1. The predicted molar refractivity (Wildman–Crippen MR) is 87.3 cm³/mol. The quantitative estimate of drug-likeness (QED) is 0.751. The number of methoxy groups -OCH3 is 1. The van der Waals surface area contributed by atoms with Crippen LogP contribution < -0.4 is 10.1 Å². The highest BCUT2D eigenvalue weighted by Crippen LogP contribution is 2.21. The molecule has 122 valence electrons. The second-order valence-corrected chi connectivity index (χ2v) is 5.96. The molecule has 0 saturated heterocycles. The number of carbonyl (C=O) groups is 1. The van der Waals surface area contributed by atoms with Gasteiger partial charge in [-0.1, -0.05) is 25.0 Å². The van der Waals surface area contributed by atoms with Gasteiger partial charge in [0.25, 0.3) is 0 Å². The van der Waals surface area contributed by atoms with Crippen molar-refractivity contribution in [3.8, 4) is 5.75 Å². The number of ether oxygens (including phenoxy) is 2. The number of hydrogen-bond donors (Lipinski definition) is 1. The van der Waals surface area contributed by atoms with Crippen LogP contribution >= 0.6 is 0 Å². The summed E-state index contributed by atoms with van der Waals surface area (Å²) in [7, 11) is 1.66. The second-order valence-electron chi connectivity index (χ2n) is 5.96. The van der Waals surface area contributed by atoms with Gasteiger partial charge in [-0.05, 0) is 43.4 Å². The Morgan fingerprint density at radius 1 is 1.32 bits per heavy atom. The Balaban J connectivity index is 1.62. The van der Waals surface area contributed by atoms with Gasteiger partial charge in [0.2, 0.25) is 5.91 Å². The highest BCUT2D eigenvalue weighted by atomic mass is 16.5. The number of hydrogen-bond acceptors (Lipinski definition) is 3. The van der Waals surface area contributed by atoms with Crippen LogP contribution in [0.25, 0.3) is 0 Å². The third-order valence-corrected chi connectivity index (χ3v) is 4.12. The standard InChI is InChI=1S/C18H27NO3/c1-14-12-15(8-9-17(14)21-2)13-18(20)19-10-5-11-22-16-6-3-4-7-16/h8-9,12,16H,3-7,10-11,13H2,1-2H3,(H,19,20). The Bertz CT molecular complexity index is 481. The van der Waals surface area contributed by atoms with Crippen molar-refractivity contribution in [3.63, 3.8) is 0 Å². The normalized spacial score (nSPS) is 15.0. The van der Waals surface area contributed by atoms with Gasteiger partial charge in [-0.15, -0.1) is 0 Å². The van der Waals surface area contributed by atoms with E-state index in [0.29, 0.717) is 19.1 Å².